The second-order valence-electron chi connectivity index (χ2n) is 6.24. The molecule has 0 saturated heterocycles. The molecule has 0 aromatic heterocycles. The van der Waals surface area contributed by atoms with Crippen LogP contribution < -0.4 is 16.0 Å². The maximum atomic E-state index is 12.2. The molecule has 1 aliphatic rings. The van der Waals surface area contributed by atoms with E-state index >= 15 is 0 Å². The average molecular weight is 413 g/mol. The summed E-state index contributed by atoms with van der Waals surface area (Å²) in [6.45, 7) is 0.950. The number of amides is 3. The monoisotopic (exact) mass is 413 g/mol. The van der Waals surface area contributed by atoms with Gasteiger partial charge in [-0.1, -0.05) is 0 Å². The van der Waals surface area contributed by atoms with Gasteiger partial charge in [0.05, 0.1) is 11.3 Å². The number of rotatable bonds is 5. The SMILES string of the molecule is CC(=O)Nc1ccc(NC(=O)COC(=O)c2ccc3c(c2)NC(=O)CCS3)cc1. The molecular weight excluding hydrogens is 394 g/mol. The Labute approximate surface area is 171 Å². The van der Waals surface area contributed by atoms with Gasteiger partial charge in [-0.25, -0.2) is 4.79 Å². The topological polar surface area (TPSA) is 114 Å². The van der Waals surface area contributed by atoms with E-state index in [0.717, 1.165) is 4.90 Å². The van der Waals surface area contributed by atoms with Crippen LogP contribution in [0.3, 0.4) is 0 Å². The summed E-state index contributed by atoms with van der Waals surface area (Å²) in [5.41, 5.74) is 1.93. The van der Waals surface area contributed by atoms with Crippen molar-refractivity contribution in [3.8, 4) is 0 Å². The summed E-state index contributed by atoms with van der Waals surface area (Å²) in [7, 11) is 0. The van der Waals surface area contributed by atoms with Crippen LogP contribution in [-0.2, 0) is 19.1 Å². The van der Waals surface area contributed by atoms with Crippen molar-refractivity contribution in [3.63, 3.8) is 0 Å². The Kier molecular flexibility index (Phi) is 6.50. The average Bonchev–Trinajstić information content (AvgIpc) is 2.87. The molecule has 0 aliphatic carbocycles. The fourth-order valence-electron chi connectivity index (χ4n) is 2.60. The van der Waals surface area contributed by atoms with Crippen molar-refractivity contribution in [1.29, 1.82) is 0 Å². The number of anilines is 3. The van der Waals surface area contributed by atoms with Gasteiger partial charge < -0.3 is 20.7 Å². The van der Waals surface area contributed by atoms with Crippen LogP contribution in [0.5, 0.6) is 0 Å². The fraction of sp³-hybridized carbons (Fsp3) is 0.200. The van der Waals surface area contributed by atoms with Crippen molar-refractivity contribution >= 4 is 52.5 Å². The number of nitrogens with one attached hydrogen (secondary N) is 3. The van der Waals surface area contributed by atoms with Gasteiger partial charge in [0.15, 0.2) is 6.61 Å². The van der Waals surface area contributed by atoms with E-state index in [2.05, 4.69) is 16.0 Å². The van der Waals surface area contributed by atoms with Crippen molar-refractivity contribution in [2.45, 2.75) is 18.2 Å². The highest BCUT2D eigenvalue weighted by Gasteiger charge is 2.17. The summed E-state index contributed by atoms with van der Waals surface area (Å²) in [5.74, 6) is -0.777. The molecule has 0 bridgehead atoms. The van der Waals surface area contributed by atoms with Crippen LogP contribution in [0.2, 0.25) is 0 Å². The molecule has 0 unspecified atom stereocenters. The molecule has 9 heteroatoms. The second-order valence-corrected chi connectivity index (χ2v) is 7.38. The Hall–Kier alpha value is -3.33. The number of benzene rings is 2. The predicted octanol–water partition coefficient (Wildman–Crippen LogP) is 2.87. The molecule has 0 atom stereocenters. The van der Waals surface area contributed by atoms with Crippen LogP contribution in [0.15, 0.2) is 47.4 Å². The minimum Gasteiger partial charge on any atom is -0.452 e. The molecule has 1 heterocycles. The number of hydrogen-bond donors (Lipinski definition) is 3. The minimum atomic E-state index is -0.660. The number of carbonyl (C=O) groups is 4. The van der Waals surface area contributed by atoms with Gasteiger partial charge in [0.1, 0.15) is 0 Å². The van der Waals surface area contributed by atoms with Crippen molar-refractivity contribution in [3.05, 3.63) is 48.0 Å². The Morgan fingerprint density at radius 3 is 2.45 bits per heavy atom. The van der Waals surface area contributed by atoms with Gasteiger partial charge in [-0.3, -0.25) is 14.4 Å². The zero-order valence-corrected chi connectivity index (χ0v) is 16.4. The fourth-order valence-corrected chi connectivity index (χ4v) is 3.54. The lowest BCUT2D eigenvalue weighted by Crippen LogP contribution is -2.21. The van der Waals surface area contributed by atoms with E-state index in [0.29, 0.717) is 29.2 Å². The highest BCUT2D eigenvalue weighted by molar-refractivity contribution is 7.99. The molecule has 29 heavy (non-hydrogen) atoms. The Bertz CT molecular complexity index is 959. The molecule has 150 valence electrons. The molecule has 1 aliphatic heterocycles. The molecule has 0 spiro atoms. The van der Waals surface area contributed by atoms with Gasteiger partial charge in [-0.05, 0) is 42.5 Å². The van der Waals surface area contributed by atoms with Crippen LogP contribution >= 0.6 is 11.8 Å². The third-order valence-electron chi connectivity index (χ3n) is 3.90. The number of carbonyl (C=O) groups excluding carboxylic acids is 4. The second kappa shape index (κ2) is 9.24. The van der Waals surface area contributed by atoms with E-state index in [1.54, 1.807) is 42.5 Å². The summed E-state index contributed by atoms with van der Waals surface area (Å²) in [4.78, 5) is 47.8. The number of hydrogen-bond acceptors (Lipinski definition) is 6. The summed E-state index contributed by atoms with van der Waals surface area (Å²) >= 11 is 1.53. The number of esters is 1. The Morgan fingerprint density at radius 2 is 1.76 bits per heavy atom. The highest BCUT2D eigenvalue weighted by Crippen LogP contribution is 2.31. The lowest BCUT2D eigenvalue weighted by molar-refractivity contribution is -0.119. The van der Waals surface area contributed by atoms with Gasteiger partial charge in [0.25, 0.3) is 5.91 Å². The molecule has 0 fully saturated rings. The van der Waals surface area contributed by atoms with E-state index in [9.17, 15) is 19.2 Å². The first-order chi connectivity index (χ1) is 13.9. The Morgan fingerprint density at radius 1 is 1.07 bits per heavy atom. The van der Waals surface area contributed by atoms with E-state index < -0.39 is 18.5 Å². The molecule has 8 nitrogen and oxygen atoms in total. The Balaban J connectivity index is 1.54. The van der Waals surface area contributed by atoms with Gasteiger partial charge in [0, 0.05) is 35.4 Å². The molecule has 3 N–H and O–H groups in total. The van der Waals surface area contributed by atoms with Crippen molar-refractivity contribution in [1.82, 2.24) is 0 Å². The minimum absolute atomic E-state index is 0.106. The van der Waals surface area contributed by atoms with Crippen molar-refractivity contribution in [2.75, 3.05) is 28.3 Å². The van der Waals surface area contributed by atoms with E-state index in [1.807, 2.05) is 0 Å². The number of ether oxygens (including phenoxy) is 1. The predicted molar refractivity (Wildman–Crippen MR) is 110 cm³/mol. The summed E-state index contributed by atoms with van der Waals surface area (Å²) in [6.07, 6.45) is 0.408. The summed E-state index contributed by atoms with van der Waals surface area (Å²) in [5, 5.41) is 7.99. The molecule has 2 aromatic carbocycles. The summed E-state index contributed by atoms with van der Waals surface area (Å²) < 4.78 is 5.06. The lowest BCUT2D eigenvalue weighted by atomic mass is 10.2. The zero-order chi connectivity index (χ0) is 20.8. The maximum absolute atomic E-state index is 12.2. The summed E-state index contributed by atoms with van der Waals surface area (Å²) in [6, 6.07) is 11.4. The molecule has 0 saturated carbocycles. The van der Waals surface area contributed by atoms with Crippen LogP contribution in [0.25, 0.3) is 0 Å². The van der Waals surface area contributed by atoms with Crippen LogP contribution in [0.1, 0.15) is 23.7 Å². The van der Waals surface area contributed by atoms with Crippen molar-refractivity contribution in [2.24, 2.45) is 0 Å². The van der Waals surface area contributed by atoms with Crippen LogP contribution in [0.4, 0.5) is 17.1 Å². The molecule has 2 aromatic rings. The third-order valence-corrected chi connectivity index (χ3v) is 4.97. The highest BCUT2D eigenvalue weighted by atomic mass is 32.2. The lowest BCUT2D eigenvalue weighted by Gasteiger charge is -2.10. The third kappa shape index (κ3) is 5.82. The molecule has 3 amide bonds. The molecule has 3 rings (SSSR count). The van der Waals surface area contributed by atoms with Gasteiger partial charge in [-0.15, -0.1) is 11.8 Å². The first-order valence-electron chi connectivity index (χ1n) is 8.82. The molecule has 0 radical (unpaired) electrons. The van der Waals surface area contributed by atoms with E-state index in [-0.39, 0.29) is 17.4 Å². The maximum Gasteiger partial charge on any atom is 0.338 e. The smallest absolute Gasteiger partial charge is 0.338 e. The van der Waals surface area contributed by atoms with Crippen molar-refractivity contribution < 1.29 is 23.9 Å². The number of fused-ring (bicyclic) bond motifs is 1. The quantitative estimate of drug-likeness (QED) is 0.650. The van der Waals surface area contributed by atoms with E-state index in [1.165, 1.54) is 18.7 Å². The first kappa shape index (κ1) is 20.4. The zero-order valence-electron chi connectivity index (χ0n) is 15.6. The van der Waals surface area contributed by atoms with Gasteiger partial charge >= 0.3 is 5.97 Å². The van der Waals surface area contributed by atoms with E-state index in [4.69, 9.17) is 4.74 Å². The molecular formula is C20H19N3O5S. The first-order valence-corrected chi connectivity index (χ1v) is 9.80. The van der Waals surface area contributed by atoms with Gasteiger partial charge in [-0.2, -0.15) is 0 Å². The van der Waals surface area contributed by atoms with Gasteiger partial charge in [0.2, 0.25) is 11.8 Å². The van der Waals surface area contributed by atoms with Crippen LogP contribution in [-0.4, -0.2) is 36.1 Å². The van der Waals surface area contributed by atoms with Crippen LogP contribution in [0, 0.1) is 0 Å². The number of thioether (sulfide) groups is 1. The standard InChI is InChI=1S/C20H19N3O5S/c1-12(24)21-14-3-5-15(6-4-14)22-19(26)11-28-20(27)13-2-7-17-16(10-13)23-18(25)8-9-29-17/h2-7,10H,8-9,11H2,1H3,(H,21,24)(H,22,26)(H,23,25). The largest absolute Gasteiger partial charge is 0.452 e. The normalized spacial score (nSPS) is 12.8.